The van der Waals surface area contributed by atoms with Crippen molar-refractivity contribution in [1.82, 2.24) is 9.80 Å². The second-order valence-corrected chi connectivity index (χ2v) is 6.75. The number of amides is 1. The van der Waals surface area contributed by atoms with Crippen LogP contribution in [0.5, 0.6) is 5.75 Å². The third kappa shape index (κ3) is 4.04. The van der Waals surface area contributed by atoms with Crippen molar-refractivity contribution in [2.24, 2.45) is 5.92 Å². The van der Waals surface area contributed by atoms with E-state index in [9.17, 15) is 13.6 Å². The quantitative estimate of drug-likeness (QED) is 0.846. The summed E-state index contributed by atoms with van der Waals surface area (Å²) in [7, 11) is 1.64. The fourth-order valence-electron chi connectivity index (χ4n) is 3.48. The fraction of sp³-hybridized carbons (Fsp3) is 0.611. The van der Waals surface area contributed by atoms with Crippen LogP contribution in [0.25, 0.3) is 0 Å². The van der Waals surface area contributed by atoms with Crippen LogP contribution in [0.4, 0.5) is 8.78 Å². The van der Waals surface area contributed by atoms with Crippen molar-refractivity contribution in [3.8, 4) is 5.75 Å². The van der Waals surface area contributed by atoms with Gasteiger partial charge in [-0.15, -0.1) is 0 Å². The van der Waals surface area contributed by atoms with Gasteiger partial charge in [-0.3, -0.25) is 9.69 Å². The van der Waals surface area contributed by atoms with Crippen molar-refractivity contribution in [2.75, 3.05) is 33.3 Å². The zero-order chi connectivity index (χ0) is 17.2. The first-order valence-corrected chi connectivity index (χ1v) is 8.49. The van der Waals surface area contributed by atoms with Gasteiger partial charge < -0.3 is 9.64 Å². The molecule has 4 nitrogen and oxygen atoms in total. The van der Waals surface area contributed by atoms with Crippen LogP contribution >= 0.6 is 0 Å². The average molecular weight is 338 g/mol. The third-order valence-electron chi connectivity index (χ3n) is 4.99. The summed E-state index contributed by atoms with van der Waals surface area (Å²) in [5, 5.41) is 0. The maximum absolute atomic E-state index is 13.2. The van der Waals surface area contributed by atoms with Crippen molar-refractivity contribution in [3.63, 3.8) is 0 Å². The van der Waals surface area contributed by atoms with Crippen LogP contribution in [0.3, 0.4) is 0 Å². The van der Waals surface area contributed by atoms with E-state index in [4.69, 9.17) is 4.74 Å². The van der Waals surface area contributed by atoms with E-state index in [2.05, 4.69) is 4.90 Å². The molecule has 0 aliphatic carbocycles. The standard InChI is InChI=1S/C18H24F2N2O2/c1-24-16-4-2-14(3-5-16)12-21-9-6-15(13-21)17(23)22-10-7-18(19,20)8-11-22/h2-5,15H,6-13H2,1H3. The molecule has 1 atom stereocenters. The molecular formula is C18H24F2N2O2. The molecule has 0 saturated carbocycles. The van der Waals surface area contributed by atoms with Crippen LogP contribution in [0.1, 0.15) is 24.8 Å². The van der Waals surface area contributed by atoms with E-state index in [0.717, 1.165) is 25.3 Å². The largest absolute Gasteiger partial charge is 0.497 e. The Kier molecular flexibility index (Phi) is 5.04. The Bertz CT molecular complexity index is 567. The van der Waals surface area contributed by atoms with Gasteiger partial charge >= 0.3 is 0 Å². The maximum Gasteiger partial charge on any atom is 0.251 e. The first kappa shape index (κ1) is 17.1. The summed E-state index contributed by atoms with van der Waals surface area (Å²) in [6.45, 7) is 2.73. The van der Waals surface area contributed by atoms with E-state index in [1.54, 1.807) is 12.0 Å². The van der Waals surface area contributed by atoms with Gasteiger partial charge in [0.2, 0.25) is 5.91 Å². The molecule has 2 fully saturated rings. The molecule has 1 aromatic carbocycles. The molecule has 1 amide bonds. The summed E-state index contributed by atoms with van der Waals surface area (Å²) in [5.41, 5.74) is 1.18. The number of hydrogen-bond acceptors (Lipinski definition) is 3. The van der Waals surface area contributed by atoms with Gasteiger partial charge in [-0.2, -0.15) is 0 Å². The second-order valence-electron chi connectivity index (χ2n) is 6.75. The Balaban J connectivity index is 1.50. The number of hydrogen-bond donors (Lipinski definition) is 0. The molecule has 24 heavy (non-hydrogen) atoms. The molecule has 2 heterocycles. The molecule has 2 aliphatic heterocycles. The molecule has 0 aromatic heterocycles. The molecule has 0 spiro atoms. The molecule has 1 unspecified atom stereocenters. The Hall–Kier alpha value is -1.69. The van der Waals surface area contributed by atoms with Crippen LogP contribution in [-0.2, 0) is 11.3 Å². The smallest absolute Gasteiger partial charge is 0.251 e. The Morgan fingerprint density at radius 2 is 1.88 bits per heavy atom. The minimum absolute atomic E-state index is 0.0442. The van der Waals surface area contributed by atoms with Crippen LogP contribution in [0.2, 0.25) is 0 Å². The number of likely N-dealkylation sites (tertiary alicyclic amines) is 2. The van der Waals surface area contributed by atoms with Gasteiger partial charge in [-0.05, 0) is 30.7 Å². The van der Waals surface area contributed by atoms with Gasteiger partial charge in [-0.1, -0.05) is 12.1 Å². The van der Waals surface area contributed by atoms with Crippen LogP contribution < -0.4 is 4.74 Å². The lowest BCUT2D eigenvalue weighted by molar-refractivity contribution is -0.141. The number of carbonyl (C=O) groups excluding carboxylic acids is 1. The number of ether oxygens (including phenoxy) is 1. The molecule has 132 valence electrons. The predicted molar refractivity (Wildman–Crippen MR) is 87.1 cm³/mol. The first-order chi connectivity index (χ1) is 11.5. The van der Waals surface area contributed by atoms with Gasteiger partial charge in [0.15, 0.2) is 0 Å². The number of benzene rings is 1. The van der Waals surface area contributed by atoms with Crippen LogP contribution in [-0.4, -0.2) is 54.9 Å². The molecule has 0 bridgehead atoms. The van der Waals surface area contributed by atoms with Crippen molar-refractivity contribution in [2.45, 2.75) is 31.7 Å². The van der Waals surface area contributed by atoms with E-state index in [1.165, 1.54) is 5.56 Å². The van der Waals surface area contributed by atoms with E-state index in [1.807, 2.05) is 24.3 Å². The van der Waals surface area contributed by atoms with Crippen molar-refractivity contribution < 1.29 is 18.3 Å². The van der Waals surface area contributed by atoms with E-state index < -0.39 is 5.92 Å². The van der Waals surface area contributed by atoms with Gasteiger partial charge in [0.05, 0.1) is 13.0 Å². The van der Waals surface area contributed by atoms with Crippen molar-refractivity contribution in [1.29, 1.82) is 0 Å². The van der Waals surface area contributed by atoms with Gasteiger partial charge in [-0.25, -0.2) is 8.78 Å². The Morgan fingerprint density at radius 1 is 1.21 bits per heavy atom. The van der Waals surface area contributed by atoms with Gasteiger partial charge in [0.1, 0.15) is 5.75 Å². The van der Waals surface area contributed by atoms with Crippen LogP contribution in [0, 0.1) is 5.92 Å². The minimum Gasteiger partial charge on any atom is -0.497 e. The highest BCUT2D eigenvalue weighted by Crippen LogP contribution is 2.29. The zero-order valence-corrected chi connectivity index (χ0v) is 14.0. The lowest BCUT2D eigenvalue weighted by Gasteiger charge is -2.33. The topological polar surface area (TPSA) is 32.8 Å². The van der Waals surface area contributed by atoms with E-state index in [0.29, 0.717) is 6.54 Å². The number of nitrogens with zero attached hydrogens (tertiary/aromatic N) is 2. The highest BCUT2D eigenvalue weighted by molar-refractivity contribution is 5.79. The molecule has 0 radical (unpaired) electrons. The molecule has 3 rings (SSSR count). The molecule has 2 saturated heterocycles. The highest BCUT2D eigenvalue weighted by atomic mass is 19.3. The summed E-state index contributed by atoms with van der Waals surface area (Å²) in [5.74, 6) is -1.79. The second kappa shape index (κ2) is 7.05. The Morgan fingerprint density at radius 3 is 2.50 bits per heavy atom. The van der Waals surface area contributed by atoms with Crippen molar-refractivity contribution >= 4 is 5.91 Å². The summed E-state index contributed by atoms with van der Waals surface area (Å²) in [4.78, 5) is 16.4. The summed E-state index contributed by atoms with van der Waals surface area (Å²) < 4.78 is 31.6. The number of piperidine rings is 1. The molecule has 2 aliphatic rings. The SMILES string of the molecule is COc1ccc(CN2CCC(C(=O)N3CCC(F)(F)CC3)C2)cc1. The monoisotopic (exact) mass is 338 g/mol. The predicted octanol–water partition coefficient (Wildman–Crippen LogP) is 2.77. The third-order valence-corrected chi connectivity index (χ3v) is 4.99. The number of carbonyl (C=O) groups is 1. The molecule has 1 aromatic rings. The summed E-state index contributed by atoms with van der Waals surface area (Å²) >= 11 is 0. The fourth-order valence-corrected chi connectivity index (χ4v) is 3.48. The maximum atomic E-state index is 13.2. The average Bonchev–Trinajstić information content (AvgIpc) is 3.03. The van der Waals surface area contributed by atoms with Crippen LogP contribution in [0.15, 0.2) is 24.3 Å². The van der Waals surface area contributed by atoms with Gasteiger partial charge in [0.25, 0.3) is 5.92 Å². The number of halogens is 2. The lowest BCUT2D eigenvalue weighted by Crippen LogP contribution is -2.45. The molecule has 6 heteroatoms. The van der Waals surface area contributed by atoms with E-state index in [-0.39, 0.29) is 37.8 Å². The first-order valence-electron chi connectivity index (χ1n) is 8.49. The molecular weight excluding hydrogens is 314 g/mol. The summed E-state index contributed by atoms with van der Waals surface area (Å²) in [6, 6.07) is 7.92. The highest BCUT2D eigenvalue weighted by Gasteiger charge is 2.38. The lowest BCUT2D eigenvalue weighted by atomic mass is 10.0. The minimum atomic E-state index is -2.60. The number of rotatable bonds is 4. The number of alkyl halides is 2. The van der Waals surface area contributed by atoms with E-state index >= 15 is 0 Å². The molecule has 0 N–H and O–H groups in total. The number of methoxy groups -OCH3 is 1. The van der Waals surface area contributed by atoms with Crippen molar-refractivity contribution in [3.05, 3.63) is 29.8 Å². The van der Waals surface area contributed by atoms with Gasteiger partial charge in [0, 0.05) is 39.0 Å². The Labute approximate surface area is 141 Å². The normalized spacial score (nSPS) is 24.1. The zero-order valence-electron chi connectivity index (χ0n) is 14.0. The summed E-state index contributed by atoms with van der Waals surface area (Å²) in [6.07, 6.45) is 0.393.